The molecule has 0 spiro atoms. The standard InChI is InChI=1S/C14H17ClFNO/c15-11-5-4-9(13(16)8-11)7-14(18)10-2-1-3-12(17)6-10/h4-5,8,10,12H,1-3,6-7,17H2. The zero-order valence-corrected chi connectivity index (χ0v) is 10.9. The van der Waals surface area contributed by atoms with Gasteiger partial charge in [0.25, 0.3) is 0 Å². The average Bonchev–Trinajstić information content (AvgIpc) is 2.32. The summed E-state index contributed by atoms with van der Waals surface area (Å²) in [6, 6.07) is 4.55. The molecular weight excluding hydrogens is 253 g/mol. The van der Waals surface area contributed by atoms with Gasteiger partial charge in [0.1, 0.15) is 11.6 Å². The summed E-state index contributed by atoms with van der Waals surface area (Å²) < 4.78 is 13.6. The van der Waals surface area contributed by atoms with E-state index in [0.29, 0.717) is 10.6 Å². The van der Waals surface area contributed by atoms with E-state index in [0.717, 1.165) is 25.7 Å². The van der Waals surface area contributed by atoms with Crippen molar-refractivity contribution >= 4 is 17.4 Å². The smallest absolute Gasteiger partial charge is 0.140 e. The lowest BCUT2D eigenvalue weighted by molar-refractivity contribution is -0.123. The third-order valence-corrected chi connectivity index (χ3v) is 3.79. The Morgan fingerprint density at radius 1 is 1.44 bits per heavy atom. The second kappa shape index (κ2) is 5.81. The predicted octanol–water partition coefficient (Wildman–Crippen LogP) is 3.11. The second-order valence-corrected chi connectivity index (χ2v) is 5.44. The van der Waals surface area contributed by atoms with Gasteiger partial charge in [0.05, 0.1) is 0 Å². The SMILES string of the molecule is NC1CCCC(C(=O)Cc2ccc(Cl)cc2F)C1. The molecular formula is C14H17ClFNO. The number of Topliss-reactive ketones (excluding diaryl/α,β-unsaturated/α-hetero) is 1. The molecule has 2 nitrogen and oxygen atoms in total. The van der Waals surface area contributed by atoms with E-state index in [2.05, 4.69) is 0 Å². The van der Waals surface area contributed by atoms with Gasteiger partial charge in [-0.2, -0.15) is 0 Å². The molecule has 2 rings (SSSR count). The van der Waals surface area contributed by atoms with Crippen LogP contribution in [-0.2, 0) is 11.2 Å². The maximum absolute atomic E-state index is 13.6. The molecule has 0 heterocycles. The van der Waals surface area contributed by atoms with Crippen molar-refractivity contribution in [2.75, 3.05) is 0 Å². The van der Waals surface area contributed by atoms with E-state index < -0.39 is 5.82 Å². The van der Waals surface area contributed by atoms with Gasteiger partial charge in [0.2, 0.25) is 0 Å². The number of benzene rings is 1. The number of nitrogens with two attached hydrogens (primary N) is 1. The van der Waals surface area contributed by atoms with Gasteiger partial charge in [-0.15, -0.1) is 0 Å². The van der Waals surface area contributed by atoms with Crippen LogP contribution in [0.5, 0.6) is 0 Å². The minimum absolute atomic E-state index is 0.0103. The van der Waals surface area contributed by atoms with Crippen molar-refractivity contribution in [2.24, 2.45) is 11.7 Å². The minimum Gasteiger partial charge on any atom is -0.328 e. The Morgan fingerprint density at radius 3 is 2.89 bits per heavy atom. The molecule has 0 aromatic heterocycles. The Bertz CT molecular complexity index is 449. The first-order valence-electron chi connectivity index (χ1n) is 6.28. The van der Waals surface area contributed by atoms with E-state index in [9.17, 15) is 9.18 Å². The van der Waals surface area contributed by atoms with Gasteiger partial charge >= 0.3 is 0 Å². The third kappa shape index (κ3) is 3.30. The summed E-state index contributed by atoms with van der Waals surface area (Å²) in [5.74, 6) is -0.328. The van der Waals surface area contributed by atoms with Crippen LogP contribution >= 0.6 is 11.6 Å². The van der Waals surface area contributed by atoms with Crippen molar-refractivity contribution in [3.8, 4) is 0 Å². The molecule has 2 N–H and O–H groups in total. The number of halogens is 2. The first-order chi connectivity index (χ1) is 8.56. The number of hydrogen-bond donors (Lipinski definition) is 1. The first-order valence-corrected chi connectivity index (χ1v) is 6.66. The predicted molar refractivity (Wildman–Crippen MR) is 70.1 cm³/mol. The maximum atomic E-state index is 13.6. The molecule has 1 aliphatic carbocycles. The molecule has 1 aromatic rings. The fourth-order valence-corrected chi connectivity index (χ4v) is 2.68. The van der Waals surface area contributed by atoms with Gasteiger partial charge in [0, 0.05) is 23.4 Å². The van der Waals surface area contributed by atoms with Gasteiger partial charge in [-0.1, -0.05) is 24.1 Å². The van der Waals surface area contributed by atoms with Crippen LogP contribution in [0.25, 0.3) is 0 Å². The van der Waals surface area contributed by atoms with Crippen molar-refractivity contribution in [1.82, 2.24) is 0 Å². The Hall–Kier alpha value is -0.930. The summed E-state index contributed by atoms with van der Waals surface area (Å²) in [4.78, 5) is 12.1. The van der Waals surface area contributed by atoms with Gasteiger partial charge in [0.15, 0.2) is 0 Å². The van der Waals surface area contributed by atoms with Crippen LogP contribution in [0.3, 0.4) is 0 Å². The van der Waals surface area contributed by atoms with Gasteiger partial charge < -0.3 is 5.73 Å². The van der Waals surface area contributed by atoms with Gasteiger partial charge in [-0.3, -0.25) is 4.79 Å². The van der Waals surface area contributed by atoms with Gasteiger partial charge in [-0.25, -0.2) is 4.39 Å². The van der Waals surface area contributed by atoms with Crippen LogP contribution in [0, 0.1) is 11.7 Å². The van der Waals surface area contributed by atoms with Crippen molar-refractivity contribution in [3.05, 3.63) is 34.6 Å². The summed E-state index contributed by atoms with van der Waals surface area (Å²) in [6.45, 7) is 0. The highest BCUT2D eigenvalue weighted by Crippen LogP contribution is 2.25. The highest BCUT2D eigenvalue weighted by Gasteiger charge is 2.25. The minimum atomic E-state index is -0.407. The number of hydrogen-bond acceptors (Lipinski definition) is 2. The van der Waals surface area contributed by atoms with Crippen molar-refractivity contribution in [1.29, 1.82) is 0 Å². The molecule has 0 saturated heterocycles. The second-order valence-electron chi connectivity index (χ2n) is 5.00. The normalized spacial score (nSPS) is 23.9. The Kier molecular flexibility index (Phi) is 4.36. The quantitative estimate of drug-likeness (QED) is 0.916. The molecule has 1 fully saturated rings. The molecule has 0 bridgehead atoms. The van der Waals surface area contributed by atoms with Crippen LogP contribution in [-0.4, -0.2) is 11.8 Å². The molecule has 98 valence electrons. The summed E-state index contributed by atoms with van der Waals surface area (Å²) in [7, 11) is 0. The maximum Gasteiger partial charge on any atom is 0.140 e. The van der Waals surface area contributed by atoms with E-state index in [1.165, 1.54) is 6.07 Å². The first kappa shape index (κ1) is 13.5. The van der Waals surface area contributed by atoms with Gasteiger partial charge in [-0.05, 0) is 37.0 Å². The van der Waals surface area contributed by atoms with Crippen molar-refractivity contribution in [3.63, 3.8) is 0 Å². The van der Waals surface area contributed by atoms with Crippen LogP contribution in [0.4, 0.5) is 4.39 Å². The molecule has 0 radical (unpaired) electrons. The highest BCUT2D eigenvalue weighted by atomic mass is 35.5. The number of rotatable bonds is 3. The summed E-state index contributed by atoms with van der Waals surface area (Å²) >= 11 is 5.68. The van der Waals surface area contributed by atoms with Crippen molar-refractivity contribution < 1.29 is 9.18 Å². The Labute approximate surface area is 111 Å². The molecule has 2 atom stereocenters. The number of carbonyl (C=O) groups is 1. The van der Waals surface area contributed by atoms with E-state index in [-0.39, 0.29) is 24.2 Å². The van der Waals surface area contributed by atoms with E-state index >= 15 is 0 Å². The highest BCUT2D eigenvalue weighted by molar-refractivity contribution is 6.30. The van der Waals surface area contributed by atoms with E-state index in [1.807, 2.05) is 0 Å². The van der Waals surface area contributed by atoms with Crippen LogP contribution in [0.15, 0.2) is 18.2 Å². The van der Waals surface area contributed by atoms with Crippen molar-refractivity contribution in [2.45, 2.75) is 38.1 Å². The fourth-order valence-electron chi connectivity index (χ4n) is 2.52. The van der Waals surface area contributed by atoms with Crippen LogP contribution in [0.1, 0.15) is 31.2 Å². The lowest BCUT2D eigenvalue weighted by atomic mass is 9.82. The summed E-state index contributed by atoms with van der Waals surface area (Å²) in [5, 5.41) is 0.350. The van der Waals surface area contributed by atoms with E-state index in [4.69, 9.17) is 17.3 Å². The van der Waals surface area contributed by atoms with Crippen LogP contribution < -0.4 is 5.73 Å². The molecule has 0 amide bonds. The molecule has 18 heavy (non-hydrogen) atoms. The lowest BCUT2D eigenvalue weighted by Crippen LogP contribution is -2.32. The zero-order chi connectivity index (χ0) is 13.1. The Morgan fingerprint density at radius 2 is 2.22 bits per heavy atom. The monoisotopic (exact) mass is 269 g/mol. The largest absolute Gasteiger partial charge is 0.328 e. The Balaban J connectivity index is 2.02. The molecule has 1 aromatic carbocycles. The van der Waals surface area contributed by atoms with Crippen LogP contribution in [0.2, 0.25) is 5.02 Å². The molecule has 0 aliphatic heterocycles. The molecule has 1 aliphatic rings. The summed E-state index contributed by atoms with van der Waals surface area (Å²) in [5.41, 5.74) is 6.28. The zero-order valence-electron chi connectivity index (χ0n) is 10.2. The third-order valence-electron chi connectivity index (χ3n) is 3.55. The molecule has 4 heteroatoms. The summed E-state index contributed by atoms with van der Waals surface area (Å²) in [6.07, 6.45) is 3.72. The molecule has 1 saturated carbocycles. The number of carbonyl (C=O) groups excluding carboxylic acids is 1. The average molecular weight is 270 g/mol. The fraction of sp³-hybridized carbons (Fsp3) is 0.500. The lowest BCUT2D eigenvalue weighted by Gasteiger charge is -2.25. The molecule has 2 unspecified atom stereocenters. The van der Waals surface area contributed by atoms with E-state index in [1.54, 1.807) is 12.1 Å². The topological polar surface area (TPSA) is 43.1 Å². The number of ketones is 1.